The van der Waals surface area contributed by atoms with Gasteiger partial charge < -0.3 is 19.3 Å². The van der Waals surface area contributed by atoms with E-state index >= 15 is 0 Å². The maximum atomic E-state index is 13.3. The van der Waals surface area contributed by atoms with Crippen LogP contribution < -0.4 is 4.74 Å². The second kappa shape index (κ2) is 9.58. The average Bonchev–Trinajstić information content (AvgIpc) is 3.15. The molecule has 0 saturated carbocycles. The molecule has 2 heterocycles. The highest BCUT2D eigenvalue weighted by Crippen LogP contribution is 2.33. The molecule has 2 aromatic carbocycles. The summed E-state index contributed by atoms with van der Waals surface area (Å²) in [4.78, 5) is 18.8. The van der Waals surface area contributed by atoms with Crippen LogP contribution in [0.5, 0.6) is 5.75 Å². The van der Waals surface area contributed by atoms with E-state index < -0.39 is 5.60 Å². The Morgan fingerprint density at radius 2 is 1.97 bits per heavy atom. The van der Waals surface area contributed by atoms with Gasteiger partial charge in [0.15, 0.2) is 0 Å². The van der Waals surface area contributed by atoms with E-state index in [0.29, 0.717) is 43.7 Å². The highest BCUT2D eigenvalue weighted by atomic mass is 19.1. The second-order valence-corrected chi connectivity index (χ2v) is 8.40. The quantitative estimate of drug-likeness (QED) is 0.592. The molecule has 3 aromatic rings. The van der Waals surface area contributed by atoms with Crippen LogP contribution in [0.4, 0.5) is 4.39 Å². The number of benzene rings is 2. The lowest BCUT2D eigenvalue weighted by Crippen LogP contribution is -2.32. The third-order valence-corrected chi connectivity index (χ3v) is 6.12. The van der Waals surface area contributed by atoms with Crippen LogP contribution in [0.3, 0.4) is 0 Å². The van der Waals surface area contributed by atoms with Crippen molar-refractivity contribution in [2.45, 2.75) is 31.8 Å². The highest BCUT2D eigenvalue weighted by Gasteiger charge is 2.32. The molecule has 1 atom stereocenters. The molecule has 7 heteroatoms. The van der Waals surface area contributed by atoms with E-state index in [9.17, 15) is 14.3 Å². The molecule has 33 heavy (non-hydrogen) atoms. The van der Waals surface area contributed by atoms with Crippen LogP contribution in [0.25, 0.3) is 11.8 Å². The number of amides is 1. The van der Waals surface area contributed by atoms with Gasteiger partial charge in [-0.05, 0) is 67.7 Å². The topological polar surface area (TPSA) is 67.6 Å². The SMILES string of the molecule is COc1cc(/C=C/C(=O)N2CCCC(O)(c3ccc(F)cc3)CC2)ccc1-n1cnc(C)c1. The van der Waals surface area contributed by atoms with Crippen LogP contribution >= 0.6 is 0 Å². The minimum absolute atomic E-state index is 0.105. The first-order valence-electron chi connectivity index (χ1n) is 11.0. The average molecular weight is 450 g/mol. The van der Waals surface area contributed by atoms with Crippen molar-refractivity contribution >= 4 is 12.0 Å². The van der Waals surface area contributed by atoms with Crippen molar-refractivity contribution in [2.75, 3.05) is 20.2 Å². The second-order valence-electron chi connectivity index (χ2n) is 8.40. The Kier molecular flexibility index (Phi) is 6.60. The molecule has 0 radical (unpaired) electrons. The van der Waals surface area contributed by atoms with Gasteiger partial charge >= 0.3 is 0 Å². The largest absolute Gasteiger partial charge is 0.495 e. The molecule has 1 aromatic heterocycles. The third kappa shape index (κ3) is 5.14. The van der Waals surface area contributed by atoms with Crippen molar-refractivity contribution < 1.29 is 19.0 Å². The van der Waals surface area contributed by atoms with Crippen LogP contribution in [0.1, 0.15) is 36.1 Å². The molecule has 1 fully saturated rings. The molecular weight excluding hydrogens is 421 g/mol. The van der Waals surface area contributed by atoms with Crippen LogP contribution in [-0.4, -0.2) is 45.7 Å². The highest BCUT2D eigenvalue weighted by molar-refractivity contribution is 5.92. The molecule has 1 unspecified atom stereocenters. The van der Waals surface area contributed by atoms with E-state index in [0.717, 1.165) is 16.9 Å². The standard InChI is InChI=1S/C26H28FN3O3/c1-19-17-30(18-28-19)23-10-4-20(16-24(23)33-2)5-11-25(31)29-14-3-12-26(32,13-15-29)21-6-8-22(27)9-7-21/h4-11,16-18,32H,3,12-15H2,1-2H3/b11-5+. The summed E-state index contributed by atoms with van der Waals surface area (Å²) in [5, 5.41) is 11.1. The first kappa shape index (κ1) is 22.7. The number of ether oxygens (including phenoxy) is 1. The lowest BCUT2D eigenvalue weighted by Gasteiger charge is -2.27. The van der Waals surface area contributed by atoms with E-state index in [4.69, 9.17) is 4.74 Å². The van der Waals surface area contributed by atoms with Crippen molar-refractivity contribution in [2.24, 2.45) is 0 Å². The van der Waals surface area contributed by atoms with E-state index in [2.05, 4.69) is 4.98 Å². The smallest absolute Gasteiger partial charge is 0.246 e. The van der Waals surface area contributed by atoms with Gasteiger partial charge in [0.2, 0.25) is 5.91 Å². The molecular formula is C26H28FN3O3. The number of aryl methyl sites for hydroxylation is 1. The number of carbonyl (C=O) groups excluding carboxylic acids is 1. The molecule has 0 aliphatic carbocycles. The molecule has 1 amide bonds. The van der Waals surface area contributed by atoms with Crippen LogP contribution in [0.2, 0.25) is 0 Å². The number of likely N-dealkylation sites (tertiary alicyclic amines) is 1. The number of imidazole rings is 1. The predicted octanol–water partition coefficient (Wildman–Crippen LogP) is 4.24. The Hall–Kier alpha value is -3.45. The van der Waals surface area contributed by atoms with Gasteiger partial charge in [0, 0.05) is 25.4 Å². The van der Waals surface area contributed by atoms with Gasteiger partial charge in [-0.15, -0.1) is 0 Å². The third-order valence-electron chi connectivity index (χ3n) is 6.12. The molecule has 1 aliphatic rings. The van der Waals surface area contributed by atoms with Crippen molar-refractivity contribution in [3.63, 3.8) is 0 Å². The maximum Gasteiger partial charge on any atom is 0.246 e. The zero-order chi connectivity index (χ0) is 23.4. The van der Waals surface area contributed by atoms with Gasteiger partial charge in [-0.25, -0.2) is 9.37 Å². The van der Waals surface area contributed by atoms with Gasteiger partial charge in [-0.1, -0.05) is 18.2 Å². The Balaban J connectivity index is 1.43. The minimum Gasteiger partial charge on any atom is -0.495 e. The monoisotopic (exact) mass is 449 g/mol. The lowest BCUT2D eigenvalue weighted by atomic mass is 9.87. The number of aliphatic hydroxyl groups is 1. The summed E-state index contributed by atoms with van der Waals surface area (Å²) < 4.78 is 20.7. The Morgan fingerprint density at radius 1 is 1.18 bits per heavy atom. The van der Waals surface area contributed by atoms with Gasteiger partial charge in [-0.3, -0.25) is 4.79 Å². The summed E-state index contributed by atoms with van der Waals surface area (Å²) in [5.41, 5.74) is 2.26. The van der Waals surface area contributed by atoms with Crippen molar-refractivity contribution in [3.05, 3.63) is 83.7 Å². The lowest BCUT2D eigenvalue weighted by molar-refractivity contribution is -0.126. The van der Waals surface area contributed by atoms with Gasteiger partial charge in [0.1, 0.15) is 11.6 Å². The minimum atomic E-state index is -1.05. The number of carbonyl (C=O) groups is 1. The van der Waals surface area contributed by atoms with E-state index in [-0.39, 0.29) is 11.7 Å². The van der Waals surface area contributed by atoms with E-state index in [1.807, 2.05) is 35.9 Å². The van der Waals surface area contributed by atoms with Crippen LogP contribution in [0, 0.1) is 12.7 Å². The molecule has 0 spiro atoms. The molecule has 0 bridgehead atoms. The summed E-state index contributed by atoms with van der Waals surface area (Å²) in [7, 11) is 1.61. The number of methoxy groups -OCH3 is 1. The molecule has 1 aliphatic heterocycles. The van der Waals surface area contributed by atoms with Crippen molar-refractivity contribution in [3.8, 4) is 11.4 Å². The number of halogens is 1. The Bertz CT molecular complexity index is 1160. The molecule has 1 saturated heterocycles. The van der Waals surface area contributed by atoms with E-state index in [1.54, 1.807) is 42.6 Å². The van der Waals surface area contributed by atoms with Gasteiger partial charge in [0.05, 0.1) is 30.4 Å². The maximum absolute atomic E-state index is 13.3. The number of nitrogens with zero attached hydrogens (tertiary/aromatic N) is 3. The first-order valence-corrected chi connectivity index (χ1v) is 11.0. The molecule has 6 nitrogen and oxygen atoms in total. The fraction of sp³-hybridized carbons (Fsp3) is 0.308. The summed E-state index contributed by atoms with van der Waals surface area (Å²) in [5.74, 6) is 0.246. The Morgan fingerprint density at radius 3 is 2.67 bits per heavy atom. The molecule has 172 valence electrons. The first-order chi connectivity index (χ1) is 15.9. The number of hydrogen-bond donors (Lipinski definition) is 1. The number of aromatic nitrogens is 2. The zero-order valence-corrected chi connectivity index (χ0v) is 18.9. The molecule has 4 rings (SSSR count). The fourth-order valence-corrected chi connectivity index (χ4v) is 4.23. The summed E-state index contributed by atoms with van der Waals surface area (Å²) in [6.07, 6.45) is 8.58. The summed E-state index contributed by atoms with van der Waals surface area (Å²) in [6.45, 7) is 2.92. The van der Waals surface area contributed by atoms with Crippen LogP contribution in [-0.2, 0) is 10.4 Å². The number of rotatable bonds is 5. The summed E-state index contributed by atoms with van der Waals surface area (Å²) in [6, 6.07) is 11.7. The normalized spacial score (nSPS) is 19.0. The van der Waals surface area contributed by atoms with Gasteiger partial charge in [0.25, 0.3) is 0 Å². The predicted molar refractivity (Wildman–Crippen MR) is 125 cm³/mol. The van der Waals surface area contributed by atoms with Gasteiger partial charge in [-0.2, -0.15) is 0 Å². The Labute approximate surface area is 192 Å². The molecule has 1 N–H and O–H groups in total. The van der Waals surface area contributed by atoms with Crippen molar-refractivity contribution in [1.82, 2.24) is 14.5 Å². The zero-order valence-electron chi connectivity index (χ0n) is 18.9. The van der Waals surface area contributed by atoms with Crippen LogP contribution in [0.15, 0.2) is 61.1 Å². The fourth-order valence-electron chi connectivity index (χ4n) is 4.23. The van der Waals surface area contributed by atoms with E-state index in [1.165, 1.54) is 12.1 Å². The summed E-state index contributed by atoms with van der Waals surface area (Å²) >= 11 is 0. The number of hydrogen-bond acceptors (Lipinski definition) is 4. The van der Waals surface area contributed by atoms with Crippen molar-refractivity contribution in [1.29, 1.82) is 0 Å².